The maximum absolute atomic E-state index is 2.47. The predicted molar refractivity (Wildman–Crippen MR) is 62.1 cm³/mol. The molecule has 2 aliphatic carbocycles. The smallest absolute Gasteiger partial charge is 0.0202 e. The van der Waals surface area contributed by atoms with E-state index in [1.165, 1.54) is 38.5 Å². The topological polar surface area (TPSA) is 0 Å². The van der Waals surface area contributed by atoms with E-state index in [-0.39, 0.29) is 0 Å². The first-order chi connectivity index (χ1) is 6.88. The minimum atomic E-state index is 0.858. The summed E-state index contributed by atoms with van der Waals surface area (Å²) in [5, 5.41) is 0. The van der Waals surface area contributed by atoms with Gasteiger partial charge in [0.25, 0.3) is 0 Å². The third kappa shape index (κ3) is 2.29. The van der Waals surface area contributed by atoms with E-state index >= 15 is 0 Å². The number of hydrogen-bond donors (Lipinski definition) is 0. The summed E-state index contributed by atoms with van der Waals surface area (Å²) in [5.41, 5.74) is 0. The minimum absolute atomic E-state index is 0.858. The van der Waals surface area contributed by atoms with E-state index in [1.807, 2.05) is 0 Å². The van der Waals surface area contributed by atoms with Gasteiger partial charge in [-0.05, 0) is 56.3 Å². The Morgan fingerprint density at radius 1 is 0.929 bits per heavy atom. The molecule has 0 heteroatoms. The summed E-state index contributed by atoms with van der Waals surface area (Å²) >= 11 is 0. The van der Waals surface area contributed by atoms with Crippen LogP contribution in [0.1, 0.15) is 45.4 Å². The zero-order chi connectivity index (χ0) is 9.80. The maximum atomic E-state index is 2.47. The lowest BCUT2D eigenvalue weighted by Crippen LogP contribution is -2.20. The van der Waals surface area contributed by atoms with Crippen LogP contribution in [0.25, 0.3) is 0 Å². The van der Waals surface area contributed by atoms with Crippen LogP contribution in [0.15, 0.2) is 24.3 Å². The molecular weight excluding hydrogens is 168 g/mol. The third-order valence-electron chi connectivity index (χ3n) is 3.93. The van der Waals surface area contributed by atoms with Crippen molar-refractivity contribution in [1.82, 2.24) is 0 Å². The predicted octanol–water partition coefficient (Wildman–Crippen LogP) is 4.34. The van der Waals surface area contributed by atoms with Gasteiger partial charge in [0, 0.05) is 0 Å². The van der Waals surface area contributed by atoms with Crippen LogP contribution in [0.2, 0.25) is 0 Å². The zero-order valence-electron chi connectivity index (χ0n) is 9.28. The zero-order valence-corrected chi connectivity index (χ0v) is 9.28. The molecule has 0 amide bonds. The Balaban J connectivity index is 1.95. The lowest BCUT2D eigenvalue weighted by Gasteiger charge is -2.30. The molecule has 0 aliphatic heterocycles. The number of rotatable bonds is 2. The van der Waals surface area contributed by atoms with Gasteiger partial charge >= 0.3 is 0 Å². The fraction of sp³-hybridized carbons (Fsp3) is 0.714. The number of allylic oxidation sites excluding steroid dienone is 4. The molecule has 0 nitrogen and oxygen atoms in total. The average molecular weight is 190 g/mol. The SMILES string of the molecule is CC(C1C=CCCC1)C1C=CCCC1. The molecule has 2 unspecified atom stereocenters. The van der Waals surface area contributed by atoms with Gasteiger partial charge in [-0.1, -0.05) is 31.2 Å². The lowest BCUT2D eigenvalue weighted by molar-refractivity contribution is 0.285. The van der Waals surface area contributed by atoms with Gasteiger partial charge in [-0.2, -0.15) is 0 Å². The largest absolute Gasteiger partial charge is 0.0882 e. The van der Waals surface area contributed by atoms with Gasteiger partial charge in [0.05, 0.1) is 0 Å². The monoisotopic (exact) mass is 190 g/mol. The van der Waals surface area contributed by atoms with Crippen molar-refractivity contribution in [2.45, 2.75) is 45.4 Å². The first kappa shape index (κ1) is 10.0. The van der Waals surface area contributed by atoms with E-state index in [1.54, 1.807) is 0 Å². The molecule has 0 N–H and O–H groups in total. The van der Waals surface area contributed by atoms with Crippen LogP contribution in [-0.4, -0.2) is 0 Å². The Labute approximate surface area is 88.1 Å². The Hall–Kier alpha value is -0.520. The first-order valence-corrected chi connectivity index (χ1v) is 6.21. The second-order valence-corrected chi connectivity index (χ2v) is 4.90. The minimum Gasteiger partial charge on any atom is -0.0882 e. The van der Waals surface area contributed by atoms with Crippen molar-refractivity contribution >= 4 is 0 Å². The summed E-state index contributed by atoms with van der Waals surface area (Å²) in [6.45, 7) is 2.45. The van der Waals surface area contributed by atoms with Gasteiger partial charge in [-0.15, -0.1) is 0 Å². The van der Waals surface area contributed by atoms with Crippen molar-refractivity contribution in [3.05, 3.63) is 24.3 Å². The highest BCUT2D eigenvalue weighted by Gasteiger charge is 2.23. The van der Waals surface area contributed by atoms with E-state index in [4.69, 9.17) is 0 Å². The van der Waals surface area contributed by atoms with E-state index in [0.29, 0.717) is 0 Å². The van der Waals surface area contributed by atoms with Gasteiger partial charge in [-0.25, -0.2) is 0 Å². The average Bonchev–Trinajstić information content (AvgIpc) is 2.30. The van der Waals surface area contributed by atoms with Crippen LogP contribution in [0.4, 0.5) is 0 Å². The summed E-state index contributed by atoms with van der Waals surface area (Å²) in [7, 11) is 0. The second kappa shape index (κ2) is 4.82. The van der Waals surface area contributed by atoms with Crippen molar-refractivity contribution in [2.24, 2.45) is 17.8 Å². The quantitative estimate of drug-likeness (QED) is 0.568. The van der Waals surface area contributed by atoms with Crippen LogP contribution in [0, 0.1) is 17.8 Å². The summed E-state index contributed by atoms with van der Waals surface area (Å²) < 4.78 is 0. The van der Waals surface area contributed by atoms with Crippen LogP contribution >= 0.6 is 0 Å². The fourth-order valence-electron chi connectivity index (χ4n) is 2.87. The maximum Gasteiger partial charge on any atom is -0.0202 e. The molecule has 0 aromatic rings. The highest BCUT2D eigenvalue weighted by molar-refractivity contribution is 5.01. The molecule has 0 spiro atoms. The van der Waals surface area contributed by atoms with Crippen LogP contribution < -0.4 is 0 Å². The van der Waals surface area contributed by atoms with Gasteiger partial charge in [0.2, 0.25) is 0 Å². The molecule has 0 saturated heterocycles. The number of hydrogen-bond acceptors (Lipinski definition) is 0. The summed E-state index contributed by atoms with van der Waals surface area (Å²) in [6, 6.07) is 0. The van der Waals surface area contributed by atoms with E-state index < -0.39 is 0 Å². The van der Waals surface area contributed by atoms with Crippen molar-refractivity contribution in [1.29, 1.82) is 0 Å². The van der Waals surface area contributed by atoms with Gasteiger partial charge in [0.15, 0.2) is 0 Å². The Bertz CT molecular complexity index is 200. The Kier molecular flexibility index (Phi) is 3.44. The molecule has 2 atom stereocenters. The molecular formula is C14H22. The van der Waals surface area contributed by atoms with E-state index in [2.05, 4.69) is 31.2 Å². The molecule has 0 fully saturated rings. The van der Waals surface area contributed by atoms with Gasteiger partial charge < -0.3 is 0 Å². The summed E-state index contributed by atoms with van der Waals surface area (Å²) in [6.07, 6.45) is 18.0. The van der Waals surface area contributed by atoms with Crippen molar-refractivity contribution in [3.63, 3.8) is 0 Å². The van der Waals surface area contributed by atoms with Crippen molar-refractivity contribution in [3.8, 4) is 0 Å². The molecule has 78 valence electrons. The molecule has 0 heterocycles. The molecule has 0 aromatic carbocycles. The van der Waals surface area contributed by atoms with Crippen molar-refractivity contribution in [2.75, 3.05) is 0 Å². The fourth-order valence-corrected chi connectivity index (χ4v) is 2.87. The first-order valence-electron chi connectivity index (χ1n) is 6.21. The molecule has 0 aromatic heterocycles. The molecule has 2 rings (SSSR count). The van der Waals surface area contributed by atoms with E-state index in [0.717, 1.165) is 17.8 Å². The molecule has 0 radical (unpaired) electrons. The molecule has 0 saturated carbocycles. The molecule has 14 heavy (non-hydrogen) atoms. The highest BCUT2D eigenvalue weighted by Crippen LogP contribution is 2.34. The summed E-state index contributed by atoms with van der Waals surface area (Å²) in [4.78, 5) is 0. The van der Waals surface area contributed by atoms with Crippen molar-refractivity contribution < 1.29 is 0 Å². The molecule has 0 bridgehead atoms. The lowest BCUT2D eigenvalue weighted by atomic mass is 9.75. The highest BCUT2D eigenvalue weighted by atomic mass is 14.3. The van der Waals surface area contributed by atoms with Crippen LogP contribution in [0.5, 0.6) is 0 Å². The van der Waals surface area contributed by atoms with E-state index in [9.17, 15) is 0 Å². The Morgan fingerprint density at radius 2 is 1.43 bits per heavy atom. The standard InChI is InChI=1S/C14H22/c1-12(13-8-4-2-5-9-13)14-10-6-3-7-11-14/h4,6,8,10,12-14H,2-3,5,7,9,11H2,1H3. The molecule has 2 aliphatic rings. The second-order valence-electron chi connectivity index (χ2n) is 4.90. The summed E-state index contributed by atoms with van der Waals surface area (Å²) in [5.74, 6) is 2.58. The van der Waals surface area contributed by atoms with Crippen LogP contribution in [-0.2, 0) is 0 Å². The van der Waals surface area contributed by atoms with Gasteiger partial charge in [-0.3, -0.25) is 0 Å². The normalized spacial score (nSPS) is 34.4. The van der Waals surface area contributed by atoms with Crippen LogP contribution in [0.3, 0.4) is 0 Å². The Morgan fingerprint density at radius 3 is 1.79 bits per heavy atom. The van der Waals surface area contributed by atoms with Gasteiger partial charge in [0.1, 0.15) is 0 Å². The third-order valence-corrected chi connectivity index (χ3v) is 3.93.